The molecular weight excluding hydrogens is 259 g/mol. The molecule has 0 aromatic heterocycles. The Morgan fingerprint density at radius 1 is 1.20 bits per heavy atom. The van der Waals surface area contributed by atoms with Crippen LogP contribution in [-0.2, 0) is 10.2 Å². The van der Waals surface area contributed by atoms with Crippen molar-refractivity contribution in [2.45, 2.75) is 43.6 Å². The van der Waals surface area contributed by atoms with Gasteiger partial charge in [0.1, 0.15) is 5.82 Å². The van der Waals surface area contributed by atoms with Gasteiger partial charge in [0.25, 0.3) is 0 Å². The first-order valence-corrected chi connectivity index (χ1v) is 7.29. The van der Waals surface area contributed by atoms with Gasteiger partial charge in [-0.2, -0.15) is 0 Å². The van der Waals surface area contributed by atoms with Crippen molar-refractivity contribution < 1.29 is 19.3 Å². The summed E-state index contributed by atoms with van der Waals surface area (Å²) >= 11 is 0. The summed E-state index contributed by atoms with van der Waals surface area (Å²) in [4.78, 5) is 0. The Bertz CT molecular complexity index is 395. The summed E-state index contributed by atoms with van der Waals surface area (Å²) in [6, 6.07) is 6.03. The summed E-state index contributed by atoms with van der Waals surface area (Å²) < 4.78 is 18.6. The van der Waals surface area contributed by atoms with Crippen LogP contribution < -0.4 is 0 Å². The Morgan fingerprint density at radius 2 is 1.90 bits per heavy atom. The molecular formula is C16H23FO3. The lowest BCUT2D eigenvalue weighted by Crippen LogP contribution is -2.35. The van der Waals surface area contributed by atoms with E-state index in [0.717, 1.165) is 37.9 Å². The predicted octanol–water partition coefficient (Wildman–Crippen LogP) is 2.40. The molecule has 0 spiro atoms. The van der Waals surface area contributed by atoms with Crippen LogP contribution in [0.5, 0.6) is 0 Å². The van der Waals surface area contributed by atoms with Crippen molar-refractivity contribution in [1.82, 2.24) is 0 Å². The van der Waals surface area contributed by atoms with Crippen molar-refractivity contribution in [2.24, 2.45) is 0 Å². The molecule has 1 atom stereocenters. The normalized spacial score (nSPS) is 19.4. The topological polar surface area (TPSA) is 49.7 Å². The predicted molar refractivity (Wildman–Crippen MR) is 75.1 cm³/mol. The number of hydrogen-bond donors (Lipinski definition) is 2. The molecule has 1 saturated heterocycles. The summed E-state index contributed by atoms with van der Waals surface area (Å²) in [6.45, 7) is 0.565. The number of benzene rings is 1. The molecule has 2 N–H and O–H groups in total. The molecule has 4 heteroatoms. The molecule has 20 heavy (non-hydrogen) atoms. The van der Waals surface area contributed by atoms with Crippen LogP contribution in [0.2, 0.25) is 0 Å². The largest absolute Gasteiger partial charge is 0.395 e. The van der Waals surface area contributed by atoms with Crippen LogP contribution in [0.25, 0.3) is 0 Å². The van der Waals surface area contributed by atoms with Gasteiger partial charge in [0.2, 0.25) is 0 Å². The Morgan fingerprint density at radius 3 is 2.45 bits per heavy atom. The average molecular weight is 282 g/mol. The van der Waals surface area contributed by atoms with Gasteiger partial charge in [-0.15, -0.1) is 0 Å². The van der Waals surface area contributed by atoms with Crippen LogP contribution >= 0.6 is 0 Å². The zero-order valence-electron chi connectivity index (χ0n) is 11.7. The maximum atomic E-state index is 13.0. The fraction of sp³-hybridized carbons (Fsp3) is 0.625. The first kappa shape index (κ1) is 15.4. The maximum Gasteiger partial charge on any atom is 0.123 e. The van der Waals surface area contributed by atoms with Crippen molar-refractivity contribution in [3.05, 3.63) is 35.6 Å². The van der Waals surface area contributed by atoms with Gasteiger partial charge in [-0.25, -0.2) is 4.39 Å². The van der Waals surface area contributed by atoms with Crippen LogP contribution in [0.4, 0.5) is 4.39 Å². The average Bonchev–Trinajstić information content (AvgIpc) is 2.98. The highest BCUT2D eigenvalue weighted by Crippen LogP contribution is 2.31. The minimum absolute atomic E-state index is 0.138. The molecule has 1 fully saturated rings. The number of hydrogen-bond acceptors (Lipinski definition) is 3. The van der Waals surface area contributed by atoms with Gasteiger partial charge in [-0.3, -0.25) is 0 Å². The number of ether oxygens (including phenoxy) is 1. The van der Waals surface area contributed by atoms with Crippen molar-refractivity contribution in [3.8, 4) is 0 Å². The van der Waals surface area contributed by atoms with Crippen LogP contribution in [0.15, 0.2) is 24.3 Å². The van der Waals surface area contributed by atoms with E-state index in [4.69, 9.17) is 4.74 Å². The van der Waals surface area contributed by atoms with E-state index < -0.39 is 5.41 Å². The van der Waals surface area contributed by atoms with Gasteiger partial charge >= 0.3 is 0 Å². The van der Waals surface area contributed by atoms with E-state index in [1.807, 2.05) is 0 Å². The molecule has 1 aromatic carbocycles. The first-order valence-electron chi connectivity index (χ1n) is 7.29. The third-order valence-corrected chi connectivity index (χ3v) is 4.27. The highest BCUT2D eigenvalue weighted by molar-refractivity contribution is 5.26. The van der Waals surface area contributed by atoms with E-state index in [9.17, 15) is 14.6 Å². The fourth-order valence-electron chi connectivity index (χ4n) is 2.88. The van der Waals surface area contributed by atoms with E-state index >= 15 is 0 Å². The lowest BCUT2D eigenvalue weighted by molar-refractivity contribution is 0.0841. The summed E-state index contributed by atoms with van der Waals surface area (Å²) in [6.07, 6.45) is 5.03. The summed E-state index contributed by atoms with van der Waals surface area (Å²) in [5.74, 6) is -0.308. The summed E-state index contributed by atoms with van der Waals surface area (Å²) in [7, 11) is 0. The molecule has 112 valence electrons. The molecule has 0 radical (unpaired) electrons. The first-order chi connectivity index (χ1) is 9.70. The van der Waals surface area contributed by atoms with Crippen LogP contribution in [0, 0.1) is 5.82 Å². The Labute approximate surface area is 119 Å². The highest BCUT2D eigenvalue weighted by Gasteiger charge is 2.31. The Balaban J connectivity index is 1.98. The number of aliphatic hydroxyl groups excluding tert-OH is 2. The molecule has 0 aliphatic carbocycles. The molecule has 1 heterocycles. The molecule has 1 aromatic rings. The van der Waals surface area contributed by atoms with E-state index in [2.05, 4.69) is 0 Å². The Kier molecular flexibility index (Phi) is 5.52. The van der Waals surface area contributed by atoms with Crippen LogP contribution in [0.3, 0.4) is 0 Å². The van der Waals surface area contributed by atoms with Crippen molar-refractivity contribution >= 4 is 0 Å². The summed E-state index contributed by atoms with van der Waals surface area (Å²) in [5.41, 5.74) is 0.1000. The van der Waals surface area contributed by atoms with Gasteiger partial charge in [0, 0.05) is 12.0 Å². The maximum absolute atomic E-state index is 13.0. The molecule has 1 unspecified atom stereocenters. The van der Waals surface area contributed by atoms with Gasteiger partial charge in [-0.05, 0) is 49.8 Å². The smallest absolute Gasteiger partial charge is 0.123 e. The Hall–Kier alpha value is -0.970. The zero-order chi connectivity index (χ0) is 14.4. The molecule has 1 aliphatic heterocycles. The van der Waals surface area contributed by atoms with Gasteiger partial charge < -0.3 is 14.9 Å². The highest BCUT2D eigenvalue weighted by atomic mass is 19.1. The molecule has 0 saturated carbocycles. The zero-order valence-corrected chi connectivity index (χ0v) is 11.7. The van der Waals surface area contributed by atoms with Gasteiger partial charge in [0.05, 0.1) is 19.3 Å². The molecule has 1 aliphatic rings. The lowest BCUT2D eigenvalue weighted by Gasteiger charge is -2.31. The van der Waals surface area contributed by atoms with E-state index in [-0.39, 0.29) is 19.0 Å². The SMILES string of the molecule is OCC(CO)(CCCC1CCCO1)c1ccc(F)cc1. The summed E-state index contributed by atoms with van der Waals surface area (Å²) in [5, 5.41) is 19.4. The molecule has 3 nitrogen and oxygen atoms in total. The van der Waals surface area contributed by atoms with Gasteiger partial charge in [-0.1, -0.05) is 12.1 Å². The monoisotopic (exact) mass is 282 g/mol. The number of aliphatic hydroxyl groups is 2. The van der Waals surface area contributed by atoms with E-state index in [0.29, 0.717) is 12.5 Å². The fourth-order valence-corrected chi connectivity index (χ4v) is 2.88. The second kappa shape index (κ2) is 7.16. The standard InChI is InChI=1S/C16H23FO3/c17-14-7-5-13(6-8-14)16(11-18,12-19)9-1-3-15-4-2-10-20-15/h5-8,15,18-19H,1-4,9-12H2. The number of halogens is 1. The second-order valence-electron chi connectivity index (χ2n) is 5.63. The third-order valence-electron chi connectivity index (χ3n) is 4.27. The second-order valence-corrected chi connectivity index (χ2v) is 5.63. The minimum atomic E-state index is -0.688. The third kappa shape index (κ3) is 3.57. The van der Waals surface area contributed by atoms with Gasteiger partial charge in [0.15, 0.2) is 0 Å². The van der Waals surface area contributed by atoms with E-state index in [1.54, 1.807) is 12.1 Å². The quantitative estimate of drug-likeness (QED) is 0.807. The van der Waals surface area contributed by atoms with Crippen molar-refractivity contribution in [2.75, 3.05) is 19.8 Å². The van der Waals surface area contributed by atoms with Crippen molar-refractivity contribution in [3.63, 3.8) is 0 Å². The van der Waals surface area contributed by atoms with E-state index in [1.165, 1.54) is 12.1 Å². The van der Waals surface area contributed by atoms with Crippen LogP contribution in [-0.4, -0.2) is 36.1 Å². The molecule has 0 amide bonds. The molecule has 2 rings (SSSR count). The minimum Gasteiger partial charge on any atom is -0.395 e. The molecule has 0 bridgehead atoms. The number of rotatable bonds is 7. The van der Waals surface area contributed by atoms with Crippen molar-refractivity contribution in [1.29, 1.82) is 0 Å². The van der Waals surface area contributed by atoms with Crippen LogP contribution in [0.1, 0.15) is 37.7 Å². The lowest BCUT2D eigenvalue weighted by atomic mass is 9.77.